The molecule has 1 heterocycles. The maximum Gasteiger partial charge on any atom is 0.273 e. The Labute approximate surface area is 121 Å². The Bertz CT molecular complexity index is 582. The minimum atomic E-state index is -0.744. The van der Waals surface area contributed by atoms with Gasteiger partial charge in [0.05, 0.1) is 12.3 Å². The summed E-state index contributed by atoms with van der Waals surface area (Å²) in [4.78, 5) is 12.9. The molecule has 1 aromatic heterocycles. The largest absolute Gasteiger partial charge is 0.387 e. The van der Waals surface area contributed by atoms with E-state index in [4.69, 9.17) is 0 Å². The van der Waals surface area contributed by atoms with Crippen LogP contribution in [0, 0.1) is 0 Å². The number of amides is 1. The molecule has 0 aliphatic heterocycles. The maximum absolute atomic E-state index is 11.8. The molecule has 6 nitrogen and oxygen atoms in total. The van der Waals surface area contributed by atoms with Gasteiger partial charge in [0.1, 0.15) is 0 Å². The van der Waals surface area contributed by atoms with Crippen molar-refractivity contribution in [2.75, 3.05) is 12.8 Å². The molecule has 7 heteroatoms. The molecule has 2 rings (SSSR count). The van der Waals surface area contributed by atoms with E-state index in [0.717, 1.165) is 10.5 Å². The quantitative estimate of drug-likeness (QED) is 0.804. The minimum Gasteiger partial charge on any atom is -0.387 e. The summed E-state index contributed by atoms with van der Waals surface area (Å²) in [5, 5.41) is 20.0. The Morgan fingerprint density at radius 1 is 1.45 bits per heavy atom. The topological polar surface area (TPSA) is 80.0 Å². The first-order valence-corrected chi connectivity index (χ1v) is 7.29. The van der Waals surface area contributed by atoms with Crippen LogP contribution < -0.4 is 5.32 Å². The highest BCUT2D eigenvalue weighted by Gasteiger charge is 2.13. The molecule has 1 aromatic carbocycles. The fraction of sp³-hybridized carbons (Fsp3) is 0.308. The number of aromatic nitrogens is 3. The lowest BCUT2D eigenvalue weighted by Crippen LogP contribution is -2.28. The second kappa shape index (κ2) is 6.53. The number of aliphatic hydroxyl groups excluding tert-OH is 1. The Morgan fingerprint density at radius 3 is 2.70 bits per heavy atom. The van der Waals surface area contributed by atoms with Crippen molar-refractivity contribution in [2.24, 2.45) is 7.05 Å². The molecule has 2 aromatic rings. The number of nitrogens with zero attached hydrogens (tertiary/aromatic N) is 3. The van der Waals surface area contributed by atoms with E-state index in [1.54, 1.807) is 18.8 Å². The lowest BCUT2D eigenvalue weighted by atomic mass is 10.1. The van der Waals surface area contributed by atoms with Gasteiger partial charge in [0.2, 0.25) is 0 Å². The highest BCUT2D eigenvalue weighted by molar-refractivity contribution is 7.98. The van der Waals surface area contributed by atoms with Gasteiger partial charge in [-0.25, -0.2) is 0 Å². The molecule has 2 N–H and O–H groups in total. The zero-order valence-corrected chi connectivity index (χ0v) is 12.1. The highest BCUT2D eigenvalue weighted by atomic mass is 32.2. The number of benzene rings is 1. The van der Waals surface area contributed by atoms with Crippen LogP contribution in [0.25, 0.3) is 0 Å². The van der Waals surface area contributed by atoms with E-state index in [9.17, 15) is 9.90 Å². The van der Waals surface area contributed by atoms with Crippen molar-refractivity contribution in [1.82, 2.24) is 20.3 Å². The van der Waals surface area contributed by atoms with E-state index in [1.807, 2.05) is 30.5 Å². The van der Waals surface area contributed by atoms with Crippen molar-refractivity contribution in [1.29, 1.82) is 0 Å². The van der Waals surface area contributed by atoms with Crippen LogP contribution in [-0.2, 0) is 7.05 Å². The first-order valence-electron chi connectivity index (χ1n) is 6.06. The number of rotatable bonds is 5. The van der Waals surface area contributed by atoms with Crippen molar-refractivity contribution in [2.45, 2.75) is 11.0 Å². The SMILES string of the molecule is CSc1ccc([C@@H](O)CNC(=O)c2cn(C)nn2)cc1. The molecule has 1 amide bonds. The van der Waals surface area contributed by atoms with Crippen LogP contribution in [0.2, 0.25) is 0 Å². The van der Waals surface area contributed by atoms with E-state index in [1.165, 1.54) is 10.9 Å². The van der Waals surface area contributed by atoms with Gasteiger partial charge >= 0.3 is 0 Å². The predicted octanol–water partition coefficient (Wildman–Crippen LogP) is 1.00. The molecular weight excluding hydrogens is 276 g/mol. The lowest BCUT2D eigenvalue weighted by molar-refractivity contribution is 0.0911. The summed E-state index contributed by atoms with van der Waals surface area (Å²) < 4.78 is 1.45. The minimum absolute atomic E-state index is 0.133. The van der Waals surface area contributed by atoms with Crippen LogP contribution in [-0.4, -0.2) is 38.8 Å². The van der Waals surface area contributed by atoms with E-state index in [2.05, 4.69) is 15.6 Å². The van der Waals surface area contributed by atoms with E-state index in [-0.39, 0.29) is 18.1 Å². The number of aryl methyl sites for hydroxylation is 1. The third-order valence-electron chi connectivity index (χ3n) is 2.79. The first-order chi connectivity index (χ1) is 9.60. The van der Waals surface area contributed by atoms with Crippen molar-refractivity contribution < 1.29 is 9.90 Å². The molecule has 0 radical (unpaired) electrons. The number of carbonyl (C=O) groups excluding carboxylic acids is 1. The molecule has 1 atom stereocenters. The van der Waals surface area contributed by atoms with Gasteiger partial charge in [-0.2, -0.15) is 0 Å². The molecule has 0 bridgehead atoms. The summed E-state index contributed by atoms with van der Waals surface area (Å²) >= 11 is 1.64. The Balaban J connectivity index is 1.91. The summed E-state index contributed by atoms with van der Waals surface area (Å²) in [7, 11) is 1.69. The smallest absolute Gasteiger partial charge is 0.273 e. The first kappa shape index (κ1) is 14.5. The molecule has 0 saturated carbocycles. The summed E-state index contributed by atoms with van der Waals surface area (Å²) in [6, 6.07) is 7.58. The number of hydrogen-bond acceptors (Lipinski definition) is 5. The third kappa shape index (κ3) is 3.58. The zero-order chi connectivity index (χ0) is 14.5. The van der Waals surface area contributed by atoms with Gasteiger partial charge in [-0.1, -0.05) is 17.3 Å². The van der Waals surface area contributed by atoms with E-state index >= 15 is 0 Å². The molecule has 0 fully saturated rings. The predicted molar refractivity (Wildman–Crippen MR) is 76.5 cm³/mol. The monoisotopic (exact) mass is 292 g/mol. The molecule has 0 spiro atoms. The second-order valence-electron chi connectivity index (χ2n) is 4.28. The lowest BCUT2D eigenvalue weighted by Gasteiger charge is -2.12. The molecule has 0 aliphatic carbocycles. The van der Waals surface area contributed by atoms with Crippen molar-refractivity contribution in [3.63, 3.8) is 0 Å². The average Bonchev–Trinajstić information content (AvgIpc) is 2.91. The number of aliphatic hydroxyl groups is 1. The van der Waals surface area contributed by atoms with Gasteiger partial charge in [-0.05, 0) is 24.0 Å². The number of carbonyl (C=O) groups is 1. The fourth-order valence-corrected chi connectivity index (χ4v) is 2.08. The van der Waals surface area contributed by atoms with Crippen molar-refractivity contribution >= 4 is 17.7 Å². The zero-order valence-electron chi connectivity index (χ0n) is 11.3. The standard InChI is InChI=1S/C13H16N4O2S/c1-17-8-11(15-16-17)13(19)14-7-12(18)9-3-5-10(20-2)6-4-9/h3-6,8,12,18H,7H2,1-2H3,(H,14,19)/t12-/m0/s1. The van der Waals surface area contributed by atoms with E-state index < -0.39 is 6.10 Å². The Morgan fingerprint density at radius 2 is 2.15 bits per heavy atom. The van der Waals surface area contributed by atoms with E-state index in [0.29, 0.717) is 0 Å². The van der Waals surface area contributed by atoms with Gasteiger partial charge in [0.15, 0.2) is 5.69 Å². The molecular formula is C13H16N4O2S. The molecule has 20 heavy (non-hydrogen) atoms. The third-order valence-corrected chi connectivity index (χ3v) is 3.54. The normalized spacial score (nSPS) is 12.2. The van der Waals surface area contributed by atoms with Gasteiger partial charge in [-0.3, -0.25) is 9.48 Å². The average molecular weight is 292 g/mol. The van der Waals surface area contributed by atoms with Crippen LogP contribution in [0.15, 0.2) is 35.4 Å². The van der Waals surface area contributed by atoms with Gasteiger partial charge in [0.25, 0.3) is 5.91 Å². The summed E-state index contributed by atoms with van der Waals surface area (Å²) in [5.74, 6) is -0.349. The molecule has 0 unspecified atom stereocenters. The van der Waals surface area contributed by atoms with Gasteiger partial charge < -0.3 is 10.4 Å². The number of thioether (sulfide) groups is 1. The van der Waals surface area contributed by atoms with Gasteiger partial charge in [-0.15, -0.1) is 16.9 Å². The van der Waals surface area contributed by atoms with Crippen molar-refractivity contribution in [3.05, 3.63) is 41.7 Å². The number of nitrogens with one attached hydrogen (secondary N) is 1. The van der Waals surface area contributed by atoms with Crippen LogP contribution >= 0.6 is 11.8 Å². The van der Waals surface area contributed by atoms with Crippen LogP contribution in [0.3, 0.4) is 0 Å². The molecule has 106 valence electrons. The molecule has 0 saturated heterocycles. The van der Waals surface area contributed by atoms with Crippen molar-refractivity contribution in [3.8, 4) is 0 Å². The number of hydrogen-bond donors (Lipinski definition) is 2. The molecule has 0 aliphatic rings. The fourth-order valence-electron chi connectivity index (χ4n) is 1.68. The summed E-state index contributed by atoms with van der Waals surface area (Å²) in [5.41, 5.74) is 1.000. The van der Waals surface area contributed by atoms with Crippen LogP contribution in [0.5, 0.6) is 0 Å². The highest BCUT2D eigenvalue weighted by Crippen LogP contribution is 2.18. The summed E-state index contributed by atoms with van der Waals surface area (Å²) in [6.45, 7) is 0.133. The maximum atomic E-state index is 11.8. The Hall–Kier alpha value is -1.86. The second-order valence-corrected chi connectivity index (χ2v) is 5.16. The van der Waals surface area contributed by atoms with Crippen LogP contribution in [0.1, 0.15) is 22.2 Å². The summed E-state index contributed by atoms with van der Waals surface area (Å²) in [6.07, 6.45) is 2.77. The van der Waals surface area contributed by atoms with Crippen LogP contribution in [0.4, 0.5) is 0 Å². The van der Waals surface area contributed by atoms with Gasteiger partial charge in [0, 0.05) is 18.5 Å². The Kier molecular flexibility index (Phi) is 4.75.